The fourth-order valence-electron chi connectivity index (χ4n) is 2.77. The Morgan fingerprint density at radius 2 is 2.22 bits per heavy atom. The number of hydrogen-bond acceptors (Lipinski definition) is 9. The zero-order valence-electron chi connectivity index (χ0n) is 14.2. The molecule has 11 heteroatoms. The summed E-state index contributed by atoms with van der Waals surface area (Å²) in [5.74, 6) is -0.270. The van der Waals surface area contributed by atoms with Crippen molar-refractivity contribution in [3.63, 3.8) is 0 Å². The molecule has 0 aliphatic heterocycles. The summed E-state index contributed by atoms with van der Waals surface area (Å²) in [6.07, 6.45) is 1.86. The largest absolute Gasteiger partial charge is 0.375 e. The van der Waals surface area contributed by atoms with Gasteiger partial charge in [0.25, 0.3) is 5.91 Å². The Morgan fingerprint density at radius 1 is 1.37 bits per heavy atom. The zero-order chi connectivity index (χ0) is 19.0. The van der Waals surface area contributed by atoms with Crippen LogP contribution in [0.2, 0.25) is 0 Å². The van der Waals surface area contributed by atoms with Crippen LogP contribution in [0, 0.1) is 5.41 Å². The van der Waals surface area contributed by atoms with E-state index in [9.17, 15) is 4.79 Å². The van der Waals surface area contributed by atoms with Crippen LogP contribution >= 0.6 is 34.0 Å². The average Bonchev–Trinajstić information content (AvgIpc) is 3.41. The molecule has 138 valence electrons. The van der Waals surface area contributed by atoms with Crippen molar-refractivity contribution in [2.45, 2.75) is 13.0 Å². The fourth-order valence-corrected chi connectivity index (χ4v) is 5.02. The van der Waals surface area contributed by atoms with Crippen LogP contribution in [0.5, 0.6) is 0 Å². The molecule has 1 amide bonds. The van der Waals surface area contributed by atoms with E-state index in [-0.39, 0.29) is 12.5 Å². The van der Waals surface area contributed by atoms with Gasteiger partial charge in [-0.25, -0.2) is 15.0 Å². The van der Waals surface area contributed by atoms with Crippen molar-refractivity contribution >= 4 is 61.6 Å². The number of aryl methyl sites for hydroxylation is 1. The zero-order valence-corrected chi connectivity index (χ0v) is 16.7. The fraction of sp³-hybridized carbons (Fsp3) is 0.188. The summed E-state index contributed by atoms with van der Waals surface area (Å²) in [5.41, 5.74) is 10.8. The number of nitrogens with two attached hydrogens (primary N) is 1. The maximum atomic E-state index is 12.7. The first-order chi connectivity index (χ1) is 13.1. The normalized spacial score (nSPS) is 11.1. The lowest BCUT2D eigenvalue weighted by Gasteiger charge is -2.06. The first kappa shape index (κ1) is 17.8. The number of carbonyl (C=O) groups is 1. The number of fused-ring (bicyclic) bond motifs is 1. The summed E-state index contributed by atoms with van der Waals surface area (Å²) in [5, 5.41) is 15.8. The molecule has 0 unspecified atom stereocenters. The summed E-state index contributed by atoms with van der Waals surface area (Å²) in [7, 11) is 1.79. The minimum Gasteiger partial charge on any atom is -0.375 e. The van der Waals surface area contributed by atoms with Gasteiger partial charge in [-0.05, 0) is 0 Å². The monoisotopic (exact) mass is 417 g/mol. The molecule has 0 radical (unpaired) electrons. The number of anilines is 1. The Hall–Kier alpha value is -2.63. The van der Waals surface area contributed by atoms with Gasteiger partial charge in [-0.15, -0.1) is 34.0 Å². The highest BCUT2D eigenvalue weighted by atomic mass is 32.1. The lowest BCUT2D eigenvalue weighted by Crippen LogP contribution is -2.26. The van der Waals surface area contributed by atoms with Crippen molar-refractivity contribution in [2.75, 3.05) is 5.73 Å². The van der Waals surface area contributed by atoms with Crippen LogP contribution < -0.4 is 11.1 Å². The second kappa shape index (κ2) is 7.18. The highest BCUT2D eigenvalue weighted by molar-refractivity contribution is 7.19. The van der Waals surface area contributed by atoms with E-state index in [0.717, 1.165) is 15.4 Å². The van der Waals surface area contributed by atoms with Crippen LogP contribution in [0.15, 0.2) is 16.3 Å². The molecule has 0 saturated carbocycles. The predicted octanol–water partition coefficient (Wildman–Crippen LogP) is 2.65. The number of thiazole rings is 3. The van der Waals surface area contributed by atoms with E-state index in [1.54, 1.807) is 28.5 Å². The average molecular weight is 418 g/mol. The summed E-state index contributed by atoms with van der Waals surface area (Å²) in [6.45, 7) is 0.283. The molecule has 0 atom stereocenters. The van der Waals surface area contributed by atoms with Crippen molar-refractivity contribution in [1.82, 2.24) is 24.8 Å². The van der Waals surface area contributed by atoms with Crippen molar-refractivity contribution in [2.24, 2.45) is 7.05 Å². The summed E-state index contributed by atoms with van der Waals surface area (Å²) >= 11 is 4.37. The molecule has 27 heavy (non-hydrogen) atoms. The Balaban J connectivity index is 1.62. The van der Waals surface area contributed by atoms with E-state index < -0.39 is 0 Å². The van der Waals surface area contributed by atoms with E-state index in [1.165, 1.54) is 28.9 Å². The number of nitrogens with one attached hydrogen (secondary N) is 2. The molecule has 0 spiro atoms. The van der Waals surface area contributed by atoms with Gasteiger partial charge in [0, 0.05) is 36.0 Å². The van der Waals surface area contributed by atoms with Gasteiger partial charge in [0.2, 0.25) is 0 Å². The SMILES string of the molecule is Cn1c(C(=O)NCc2csc(N)n2)c(C=N)c2sc(Cc3cscn3)nc21. The maximum absolute atomic E-state index is 12.7. The standard InChI is InChI=1S/C16H15N7OS3/c1-23-12(15(24)19-4-9-6-26-16(18)21-9)10(3-17)13-14(23)22-11(27-13)2-8-5-25-7-20-8/h3,5-7,17H,2,4H2,1H3,(H2,18,21)(H,19,24). The summed E-state index contributed by atoms with van der Waals surface area (Å²) in [6, 6.07) is 0. The highest BCUT2D eigenvalue weighted by Gasteiger charge is 2.23. The van der Waals surface area contributed by atoms with Crippen molar-refractivity contribution in [3.8, 4) is 0 Å². The smallest absolute Gasteiger partial charge is 0.269 e. The molecule has 0 aromatic carbocycles. The Morgan fingerprint density at radius 3 is 2.89 bits per heavy atom. The molecular weight excluding hydrogens is 402 g/mol. The first-order valence-electron chi connectivity index (χ1n) is 7.90. The molecular formula is C16H15N7OS3. The minimum absolute atomic E-state index is 0.270. The molecule has 0 aliphatic carbocycles. The minimum atomic E-state index is -0.270. The molecule has 4 N–H and O–H groups in total. The second-order valence-corrected chi connectivity index (χ2v) is 8.43. The van der Waals surface area contributed by atoms with Gasteiger partial charge < -0.3 is 21.0 Å². The number of rotatable bonds is 6. The molecule has 4 rings (SSSR count). The van der Waals surface area contributed by atoms with Gasteiger partial charge in [0.05, 0.1) is 28.1 Å². The molecule has 0 bridgehead atoms. The van der Waals surface area contributed by atoms with Crippen LogP contribution in [-0.4, -0.2) is 31.6 Å². The lowest BCUT2D eigenvalue weighted by atomic mass is 10.2. The van der Waals surface area contributed by atoms with Gasteiger partial charge in [-0.1, -0.05) is 0 Å². The van der Waals surface area contributed by atoms with E-state index in [2.05, 4.69) is 20.3 Å². The Bertz CT molecular complexity index is 1120. The molecule has 0 aliphatic rings. The molecule has 0 fully saturated rings. The van der Waals surface area contributed by atoms with Gasteiger partial charge in [0.1, 0.15) is 10.7 Å². The lowest BCUT2D eigenvalue weighted by molar-refractivity contribution is 0.0942. The number of amides is 1. The van der Waals surface area contributed by atoms with Gasteiger partial charge in [-0.3, -0.25) is 4.79 Å². The van der Waals surface area contributed by atoms with Crippen LogP contribution in [0.1, 0.15) is 32.4 Å². The van der Waals surface area contributed by atoms with Crippen LogP contribution in [0.4, 0.5) is 5.13 Å². The van der Waals surface area contributed by atoms with Gasteiger partial charge in [0.15, 0.2) is 10.8 Å². The topological polar surface area (TPSA) is 123 Å². The van der Waals surface area contributed by atoms with Gasteiger partial charge in [-0.2, -0.15) is 0 Å². The summed E-state index contributed by atoms with van der Waals surface area (Å²) in [4.78, 5) is 25.8. The predicted molar refractivity (Wildman–Crippen MR) is 109 cm³/mol. The quantitative estimate of drug-likeness (QED) is 0.416. The van der Waals surface area contributed by atoms with E-state index in [1.807, 2.05) is 10.8 Å². The molecule has 4 aromatic heterocycles. The first-order valence-corrected chi connectivity index (χ1v) is 10.5. The number of nitrogen functional groups attached to an aromatic ring is 1. The van der Waals surface area contributed by atoms with Crippen molar-refractivity contribution < 1.29 is 4.79 Å². The Kier molecular flexibility index (Phi) is 4.72. The van der Waals surface area contributed by atoms with Crippen LogP contribution in [0.3, 0.4) is 0 Å². The third-order valence-corrected chi connectivity index (χ3v) is 6.42. The number of nitrogens with zero attached hydrogens (tertiary/aromatic N) is 4. The van der Waals surface area contributed by atoms with Crippen LogP contribution in [-0.2, 0) is 20.0 Å². The summed E-state index contributed by atoms with van der Waals surface area (Å²) < 4.78 is 2.57. The van der Waals surface area contributed by atoms with Crippen molar-refractivity contribution in [3.05, 3.63) is 43.9 Å². The second-order valence-electron chi connectivity index (χ2n) is 5.74. The van der Waals surface area contributed by atoms with Crippen molar-refractivity contribution in [1.29, 1.82) is 5.41 Å². The number of carbonyl (C=O) groups excluding carboxylic acids is 1. The third kappa shape index (κ3) is 3.36. The third-order valence-electron chi connectivity index (χ3n) is 3.98. The molecule has 8 nitrogen and oxygen atoms in total. The molecule has 4 heterocycles. The maximum Gasteiger partial charge on any atom is 0.269 e. The highest BCUT2D eigenvalue weighted by Crippen LogP contribution is 2.30. The van der Waals surface area contributed by atoms with E-state index in [4.69, 9.17) is 11.1 Å². The van der Waals surface area contributed by atoms with Gasteiger partial charge >= 0.3 is 0 Å². The van der Waals surface area contributed by atoms with E-state index in [0.29, 0.717) is 34.2 Å². The number of aromatic nitrogens is 4. The molecule has 0 saturated heterocycles. The van der Waals surface area contributed by atoms with Crippen LogP contribution in [0.25, 0.3) is 10.3 Å². The van der Waals surface area contributed by atoms with E-state index >= 15 is 0 Å². The molecule has 4 aromatic rings. The Labute approximate surface area is 166 Å². The number of hydrogen-bond donors (Lipinski definition) is 3.